The van der Waals surface area contributed by atoms with E-state index in [1.807, 2.05) is 34.6 Å². The molecule has 0 aromatic heterocycles. The van der Waals surface area contributed by atoms with Crippen LogP contribution in [-0.2, 0) is 14.3 Å². The molecule has 1 aliphatic rings. The highest BCUT2D eigenvalue weighted by atomic mass is 16.6. The molecule has 1 unspecified atom stereocenters. The van der Waals surface area contributed by atoms with Crippen LogP contribution in [0, 0.1) is 0 Å². The van der Waals surface area contributed by atoms with Crippen molar-refractivity contribution in [3.8, 4) is 0 Å². The van der Waals surface area contributed by atoms with Crippen molar-refractivity contribution in [1.82, 2.24) is 9.80 Å². The SMILES string of the molecule is CC.CCN(C=O)CCOC.CCN1CC(C)OC1=O. The number of rotatable bonds is 6. The maximum Gasteiger partial charge on any atom is 0.410 e. The molecule has 1 saturated heterocycles. The quantitative estimate of drug-likeness (QED) is 0.702. The van der Waals surface area contributed by atoms with E-state index in [0.29, 0.717) is 13.2 Å². The van der Waals surface area contributed by atoms with Gasteiger partial charge in [0.1, 0.15) is 6.10 Å². The molecule has 0 aromatic rings. The molecule has 0 bridgehead atoms. The molecule has 1 atom stereocenters. The molecule has 6 nitrogen and oxygen atoms in total. The molecule has 1 heterocycles. The Morgan fingerprint density at radius 3 is 2.30 bits per heavy atom. The van der Waals surface area contributed by atoms with E-state index in [2.05, 4.69) is 0 Å². The summed E-state index contributed by atoms with van der Waals surface area (Å²) in [5.74, 6) is 0. The number of hydrogen-bond donors (Lipinski definition) is 0. The molecule has 20 heavy (non-hydrogen) atoms. The minimum absolute atomic E-state index is 0.0810. The molecule has 0 N–H and O–H groups in total. The van der Waals surface area contributed by atoms with Gasteiger partial charge in [0.05, 0.1) is 13.2 Å². The molecule has 1 rings (SSSR count). The normalized spacial score (nSPS) is 16.4. The molecule has 2 amide bonds. The number of methoxy groups -OCH3 is 1. The van der Waals surface area contributed by atoms with Gasteiger partial charge in [0.25, 0.3) is 0 Å². The maximum absolute atomic E-state index is 10.7. The van der Waals surface area contributed by atoms with Crippen LogP contribution in [-0.4, -0.2) is 68.3 Å². The first-order chi connectivity index (χ1) is 9.58. The summed E-state index contributed by atoms with van der Waals surface area (Å²) in [5.41, 5.74) is 0. The second-order valence-corrected chi connectivity index (χ2v) is 3.96. The minimum atomic E-state index is -0.176. The predicted octanol–water partition coefficient (Wildman–Crippen LogP) is 1.98. The first-order valence-electron chi connectivity index (χ1n) is 7.22. The Kier molecular flexibility index (Phi) is 14.8. The van der Waals surface area contributed by atoms with Crippen LogP contribution in [0.3, 0.4) is 0 Å². The Morgan fingerprint density at radius 2 is 2.05 bits per heavy atom. The molecule has 1 fully saturated rings. The second-order valence-electron chi connectivity index (χ2n) is 3.96. The van der Waals surface area contributed by atoms with E-state index in [0.717, 1.165) is 26.0 Å². The van der Waals surface area contributed by atoms with Gasteiger partial charge in [-0.25, -0.2) is 4.79 Å². The van der Waals surface area contributed by atoms with Crippen molar-refractivity contribution in [1.29, 1.82) is 0 Å². The van der Waals surface area contributed by atoms with Crippen molar-refractivity contribution in [2.24, 2.45) is 0 Å². The van der Waals surface area contributed by atoms with E-state index in [-0.39, 0.29) is 12.2 Å². The fourth-order valence-corrected chi connectivity index (χ4v) is 1.42. The van der Waals surface area contributed by atoms with Gasteiger partial charge in [-0.1, -0.05) is 13.8 Å². The molecule has 0 spiro atoms. The first-order valence-corrected chi connectivity index (χ1v) is 7.22. The summed E-state index contributed by atoms with van der Waals surface area (Å²) in [6, 6.07) is 0. The lowest BCUT2D eigenvalue weighted by atomic mass is 10.4. The van der Waals surface area contributed by atoms with Crippen LogP contribution in [0.15, 0.2) is 0 Å². The summed E-state index contributed by atoms with van der Waals surface area (Å²) in [5, 5.41) is 0. The van der Waals surface area contributed by atoms with Gasteiger partial charge in [0.15, 0.2) is 0 Å². The van der Waals surface area contributed by atoms with Gasteiger partial charge < -0.3 is 19.3 Å². The smallest absolute Gasteiger partial charge is 0.410 e. The van der Waals surface area contributed by atoms with Crippen LogP contribution in [0.1, 0.15) is 34.6 Å². The highest BCUT2D eigenvalue weighted by Gasteiger charge is 2.25. The van der Waals surface area contributed by atoms with Crippen molar-refractivity contribution in [3.63, 3.8) is 0 Å². The fraction of sp³-hybridized carbons (Fsp3) is 0.857. The number of likely N-dealkylation sites (N-methyl/N-ethyl adjacent to an activating group) is 2. The maximum atomic E-state index is 10.7. The Balaban J connectivity index is 0. The van der Waals surface area contributed by atoms with Gasteiger partial charge in [-0.15, -0.1) is 0 Å². The molecular weight excluding hydrogens is 260 g/mol. The third kappa shape index (κ3) is 9.61. The number of ether oxygens (including phenoxy) is 2. The molecule has 1 aliphatic heterocycles. The lowest BCUT2D eigenvalue weighted by molar-refractivity contribution is -0.118. The summed E-state index contributed by atoms with van der Waals surface area (Å²) < 4.78 is 9.63. The van der Waals surface area contributed by atoms with Crippen LogP contribution in [0.5, 0.6) is 0 Å². The van der Waals surface area contributed by atoms with Crippen molar-refractivity contribution in [3.05, 3.63) is 0 Å². The van der Waals surface area contributed by atoms with Gasteiger partial charge in [-0.05, 0) is 20.8 Å². The van der Waals surface area contributed by atoms with Crippen LogP contribution in [0.4, 0.5) is 4.79 Å². The Labute approximate surface area is 123 Å². The zero-order valence-corrected chi connectivity index (χ0v) is 13.7. The number of carbonyl (C=O) groups excluding carboxylic acids is 2. The largest absolute Gasteiger partial charge is 0.445 e. The van der Waals surface area contributed by atoms with Crippen molar-refractivity contribution in [2.75, 3.05) is 39.9 Å². The average Bonchev–Trinajstić information content (AvgIpc) is 2.81. The molecule has 0 radical (unpaired) electrons. The average molecular weight is 290 g/mol. The van der Waals surface area contributed by atoms with Crippen molar-refractivity contribution < 1.29 is 19.1 Å². The zero-order valence-electron chi connectivity index (χ0n) is 13.7. The van der Waals surface area contributed by atoms with Gasteiger partial charge in [-0.3, -0.25) is 4.79 Å². The molecule has 0 aromatic carbocycles. The Bertz CT molecular complexity index is 249. The van der Waals surface area contributed by atoms with Crippen LogP contribution in [0.25, 0.3) is 0 Å². The number of cyclic esters (lactones) is 1. The van der Waals surface area contributed by atoms with E-state index < -0.39 is 0 Å². The van der Waals surface area contributed by atoms with E-state index >= 15 is 0 Å². The summed E-state index contributed by atoms with van der Waals surface area (Å²) in [4.78, 5) is 24.2. The van der Waals surface area contributed by atoms with Crippen molar-refractivity contribution in [2.45, 2.75) is 40.7 Å². The van der Waals surface area contributed by atoms with Gasteiger partial charge >= 0.3 is 6.09 Å². The summed E-state index contributed by atoms with van der Waals surface area (Å²) in [6.45, 7) is 13.3. The lowest BCUT2D eigenvalue weighted by Crippen LogP contribution is -2.25. The van der Waals surface area contributed by atoms with Gasteiger partial charge in [0.2, 0.25) is 6.41 Å². The molecule has 0 aliphatic carbocycles. The van der Waals surface area contributed by atoms with Gasteiger partial charge in [0, 0.05) is 26.7 Å². The number of nitrogens with zero attached hydrogens (tertiary/aromatic N) is 2. The summed E-state index contributed by atoms with van der Waals surface area (Å²) in [6.07, 6.45) is 0.737. The fourth-order valence-electron chi connectivity index (χ4n) is 1.42. The number of hydrogen-bond acceptors (Lipinski definition) is 4. The minimum Gasteiger partial charge on any atom is -0.445 e. The molecule has 120 valence electrons. The first kappa shape index (κ1) is 21.0. The standard InChI is InChI=1S/C6H11NO2.C6H13NO2.C2H6/c1-3-7-4-5(2)9-6(7)8;1-3-7(6-8)4-5-9-2;1-2/h5H,3-4H2,1-2H3;6H,3-5H2,1-2H3;1-2H3. The second kappa shape index (κ2) is 14.1. The summed E-state index contributed by atoms with van der Waals surface area (Å²) in [7, 11) is 1.62. The lowest BCUT2D eigenvalue weighted by Gasteiger charge is -2.12. The van der Waals surface area contributed by atoms with Crippen LogP contribution in [0.2, 0.25) is 0 Å². The van der Waals surface area contributed by atoms with E-state index in [1.54, 1.807) is 16.9 Å². The molecule has 0 saturated carbocycles. The highest BCUT2D eigenvalue weighted by Crippen LogP contribution is 2.08. The summed E-state index contributed by atoms with van der Waals surface area (Å²) >= 11 is 0. The molecular formula is C14H30N2O4. The highest BCUT2D eigenvalue weighted by molar-refractivity contribution is 5.69. The zero-order chi connectivity index (χ0) is 16.0. The Hall–Kier alpha value is -1.30. The Morgan fingerprint density at radius 1 is 1.45 bits per heavy atom. The predicted molar refractivity (Wildman–Crippen MR) is 79.7 cm³/mol. The van der Waals surface area contributed by atoms with Crippen molar-refractivity contribution >= 4 is 12.5 Å². The van der Waals surface area contributed by atoms with Crippen LogP contribution < -0.4 is 0 Å². The number of carbonyl (C=O) groups is 2. The topological polar surface area (TPSA) is 59.1 Å². The van der Waals surface area contributed by atoms with E-state index in [4.69, 9.17) is 9.47 Å². The third-order valence-electron chi connectivity index (χ3n) is 2.56. The number of amides is 2. The van der Waals surface area contributed by atoms with Crippen LogP contribution >= 0.6 is 0 Å². The van der Waals surface area contributed by atoms with Gasteiger partial charge in [-0.2, -0.15) is 0 Å². The third-order valence-corrected chi connectivity index (χ3v) is 2.56. The molecule has 6 heteroatoms. The van der Waals surface area contributed by atoms with E-state index in [1.165, 1.54) is 0 Å². The van der Waals surface area contributed by atoms with E-state index in [9.17, 15) is 9.59 Å². The monoisotopic (exact) mass is 290 g/mol.